The number of nitrogens with zero attached hydrogens (tertiary/aromatic N) is 5. The van der Waals surface area contributed by atoms with Crippen LogP contribution in [0, 0.1) is 5.41 Å². The zero-order valence-electron chi connectivity index (χ0n) is 12.8. The Hall–Kier alpha value is -1.01. The highest BCUT2D eigenvalue weighted by Gasteiger charge is 2.20. The summed E-state index contributed by atoms with van der Waals surface area (Å²) < 4.78 is 1.92. The van der Waals surface area contributed by atoms with Crippen molar-refractivity contribution in [3.8, 4) is 0 Å². The fourth-order valence-electron chi connectivity index (χ4n) is 1.97. The minimum absolute atomic E-state index is 0.123. The second-order valence-corrected chi connectivity index (χ2v) is 5.84. The Morgan fingerprint density at radius 2 is 2.05 bits per heavy atom. The molecule has 1 heterocycles. The minimum Gasteiger partial charge on any atom is -0.330 e. The quantitative estimate of drug-likeness (QED) is 0.730. The lowest BCUT2D eigenvalue weighted by molar-refractivity contribution is 0.177. The van der Waals surface area contributed by atoms with Gasteiger partial charge in [0.1, 0.15) is 0 Å². The van der Waals surface area contributed by atoms with Crippen molar-refractivity contribution < 1.29 is 0 Å². The Kier molecular flexibility index (Phi) is 6.37. The second kappa shape index (κ2) is 7.55. The molecule has 0 amide bonds. The lowest BCUT2D eigenvalue weighted by Crippen LogP contribution is -2.38. The van der Waals surface area contributed by atoms with Crippen molar-refractivity contribution in [2.75, 3.05) is 19.6 Å². The van der Waals surface area contributed by atoms with E-state index in [4.69, 9.17) is 5.73 Å². The highest BCUT2D eigenvalue weighted by Crippen LogP contribution is 2.16. The van der Waals surface area contributed by atoms with E-state index in [0.29, 0.717) is 6.54 Å². The molecule has 0 spiro atoms. The van der Waals surface area contributed by atoms with E-state index in [2.05, 4.69) is 48.1 Å². The lowest BCUT2D eigenvalue weighted by atomic mass is 9.93. The molecular formula is C13H28N6. The first kappa shape index (κ1) is 16.0. The summed E-state index contributed by atoms with van der Waals surface area (Å²) in [4.78, 5) is 2.35. The van der Waals surface area contributed by atoms with Gasteiger partial charge >= 0.3 is 0 Å². The molecule has 0 aliphatic rings. The molecule has 110 valence electrons. The van der Waals surface area contributed by atoms with E-state index < -0.39 is 0 Å². The molecule has 0 aliphatic heterocycles. The van der Waals surface area contributed by atoms with Gasteiger partial charge in [-0.3, -0.25) is 4.90 Å². The zero-order chi connectivity index (χ0) is 14.3. The molecule has 0 saturated carbocycles. The van der Waals surface area contributed by atoms with Crippen LogP contribution in [-0.4, -0.2) is 44.7 Å². The Bertz CT molecular complexity index is 360. The van der Waals surface area contributed by atoms with Gasteiger partial charge in [0.2, 0.25) is 0 Å². The third-order valence-electron chi connectivity index (χ3n) is 3.35. The van der Waals surface area contributed by atoms with Gasteiger partial charge in [-0.25, -0.2) is 4.68 Å². The van der Waals surface area contributed by atoms with Crippen molar-refractivity contribution in [2.45, 2.75) is 53.6 Å². The lowest BCUT2D eigenvalue weighted by Gasteiger charge is -2.30. The van der Waals surface area contributed by atoms with Crippen LogP contribution < -0.4 is 5.73 Å². The molecule has 2 N–H and O–H groups in total. The molecule has 0 radical (unpaired) electrons. The van der Waals surface area contributed by atoms with E-state index in [1.54, 1.807) is 0 Å². The average molecular weight is 268 g/mol. The molecule has 0 bridgehead atoms. The summed E-state index contributed by atoms with van der Waals surface area (Å²) in [5.41, 5.74) is 5.93. The third-order valence-corrected chi connectivity index (χ3v) is 3.35. The largest absolute Gasteiger partial charge is 0.330 e. The Balaban J connectivity index is 2.63. The second-order valence-electron chi connectivity index (χ2n) is 5.84. The molecular weight excluding hydrogens is 240 g/mol. The number of hydrogen-bond donors (Lipinski definition) is 1. The summed E-state index contributed by atoms with van der Waals surface area (Å²) in [6.45, 7) is 13.0. The van der Waals surface area contributed by atoms with Gasteiger partial charge in [-0.2, -0.15) is 0 Å². The van der Waals surface area contributed by atoms with Gasteiger partial charge in [-0.15, -0.1) is 5.10 Å². The maximum Gasteiger partial charge on any atom is 0.165 e. The number of aromatic nitrogens is 4. The first-order valence-electron chi connectivity index (χ1n) is 7.20. The van der Waals surface area contributed by atoms with Crippen LogP contribution in [0.5, 0.6) is 0 Å². The van der Waals surface area contributed by atoms with Crippen molar-refractivity contribution >= 4 is 0 Å². The first-order chi connectivity index (χ1) is 9.02. The van der Waals surface area contributed by atoms with Crippen LogP contribution in [0.3, 0.4) is 0 Å². The number of rotatable bonds is 9. The molecule has 1 aromatic heterocycles. The number of aryl methyl sites for hydroxylation is 1. The van der Waals surface area contributed by atoms with Crippen LogP contribution in [0.1, 0.15) is 46.4 Å². The van der Waals surface area contributed by atoms with E-state index in [-0.39, 0.29) is 5.41 Å². The third kappa shape index (κ3) is 5.24. The van der Waals surface area contributed by atoms with E-state index in [9.17, 15) is 0 Å². The number of tetrazole rings is 1. The van der Waals surface area contributed by atoms with Crippen molar-refractivity contribution in [3.05, 3.63) is 5.82 Å². The molecule has 6 nitrogen and oxygen atoms in total. The van der Waals surface area contributed by atoms with E-state index in [0.717, 1.165) is 44.8 Å². The van der Waals surface area contributed by atoms with Crippen LogP contribution in [0.15, 0.2) is 0 Å². The van der Waals surface area contributed by atoms with Crippen molar-refractivity contribution in [2.24, 2.45) is 11.1 Å². The van der Waals surface area contributed by atoms with Crippen LogP contribution in [0.2, 0.25) is 0 Å². The molecule has 0 saturated heterocycles. The van der Waals surface area contributed by atoms with Gasteiger partial charge in [0.05, 0.1) is 6.54 Å². The summed E-state index contributed by atoms with van der Waals surface area (Å²) >= 11 is 0. The van der Waals surface area contributed by atoms with Crippen LogP contribution in [0.4, 0.5) is 0 Å². The minimum atomic E-state index is 0.123. The number of nitrogens with two attached hydrogens (primary N) is 1. The first-order valence-corrected chi connectivity index (χ1v) is 7.20. The van der Waals surface area contributed by atoms with E-state index in [1.165, 1.54) is 0 Å². The fourth-order valence-corrected chi connectivity index (χ4v) is 1.97. The molecule has 0 atom stereocenters. The zero-order valence-corrected chi connectivity index (χ0v) is 12.8. The normalized spacial score (nSPS) is 12.3. The maximum absolute atomic E-state index is 5.81. The molecule has 0 fully saturated rings. The summed E-state index contributed by atoms with van der Waals surface area (Å²) in [7, 11) is 0. The van der Waals surface area contributed by atoms with E-state index in [1.807, 2.05) is 4.68 Å². The standard InChI is InChI=1S/C13H28N6/c1-5-7-8-19-12(15-16-17-19)9-18(6-2)11-13(3,4)10-14/h5-11,14H2,1-4H3. The van der Waals surface area contributed by atoms with Gasteiger partial charge < -0.3 is 5.73 Å². The maximum atomic E-state index is 5.81. The molecule has 1 rings (SSSR count). The predicted octanol–water partition coefficient (Wildman–Crippen LogP) is 1.28. The number of hydrogen-bond acceptors (Lipinski definition) is 5. The topological polar surface area (TPSA) is 72.9 Å². The van der Waals surface area contributed by atoms with Gasteiger partial charge in [-0.1, -0.05) is 34.1 Å². The fraction of sp³-hybridized carbons (Fsp3) is 0.923. The van der Waals surface area contributed by atoms with Crippen LogP contribution in [-0.2, 0) is 13.1 Å². The van der Waals surface area contributed by atoms with Gasteiger partial charge in [0, 0.05) is 13.1 Å². The smallest absolute Gasteiger partial charge is 0.165 e. The Morgan fingerprint density at radius 3 is 2.63 bits per heavy atom. The van der Waals surface area contributed by atoms with E-state index >= 15 is 0 Å². The van der Waals surface area contributed by atoms with Gasteiger partial charge in [-0.05, 0) is 35.4 Å². The highest BCUT2D eigenvalue weighted by atomic mass is 15.5. The summed E-state index contributed by atoms with van der Waals surface area (Å²) in [6, 6.07) is 0. The monoisotopic (exact) mass is 268 g/mol. The molecule has 0 unspecified atom stereocenters. The van der Waals surface area contributed by atoms with Gasteiger partial charge in [0.15, 0.2) is 5.82 Å². The Morgan fingerprint density at radius 1 is 1.32 bits per heavy atom. The Labute approximate surface area is 116 Å². The molecule has 19 heavy (non-hydrogen) atoms. The van der Waals surface area contributed by atoms with Crippen molar-refractivity contribution in [1.82, 2.24) is 25.1 Å². The van der Waals surface area contributed by atoms with Crippen LogP contribution >= 0.6 is 0 Å². The van der Waals surface area contributed by atoms with Crippen molar-refractivity contribution in [1.29, 1.82) is 0 Å². The van der Waals surface area contributed by atoms with Gasteiger partial charge in [0.25, 0.3) is 0 Å². The average Bonchev–Trinajstić information content (AvgIpc) is 2.82. The summed E-state index contributed by atoms with van der Waals surface area (Å²) in [5.74, 6) is 0.947. The molecule has 6 heteroatoms. The number of unbranched alkanes of at least 4 members (excludes halogenated alkanes) is 1. The van der Waals surface area contributed by atoms with Crippen LogP contribution in [0.25, 0.3) is 0 Å². The predicted molar refractivity (Wildman–Crippen MR) is 76.5 cm³/mol. The highest BCUT2D eigenvalue weighted by molar-refractivity contribution is 4.83. The molecule has 0 aromatic carbocycles. The molecule has 1 aromatic rings. The SMILES string of the molecule is CCCCn1nnnc1CN(CC)CC(C)(C)CN. The molecule has 0 aliphatic carbocycles. The summed E-state index contributed by atoms with van der Waals surface area (Å²) in [5, 5.41) is 12.0. The summed E-state index contributed by atoms with van der Waals surface area (Å²) in [6.07, 6.45) is 2.26. The van der Waals surface area contributed by atoms with Crippen molar-refractivity contribution in [3.63, 3.8) is 0 Å².